The number of rotatable bonds is 4. The molecule has 1 amide bonds. The quantitative estimate of drug-likeness (QED) is 0.712. The minimum Gasteiger partial charge on any atom is -0.352 e. The molecule has 1 aliphatic carbocycles. The smallest absolute Gasteiger partial charge is 0.223 e. The third-order valence-electron chi connectivity index (χ3n) is 2.53. The molecular weight excluding hydrogens is 164 g/mol. The van der Waals surface area contributed by atoms with Crippen molar-refractivity contribution in [2.75, 3.05) is 0 Å². The van der Waals surface area contributed by atoms with Crippen LogP contribution in [0.25, 0.3) is 0 Å². The van der Waals surface area contributed by atoms with Crippen LogP contribution in [0.1, 0.15) is 33.1 Å². The number of nitrogens with one attached hydrogen (secondary N) is 1. The Bertz CT molecular complexity index is 228. The van der Waals surface area contributed by atoms with Crippen LogP contribution >= 0.6 is 0 Å². The van der Waals surface area contributed by atoms with Crippen molar-refractivity contribution in [3.8, 4) is 6.07 Å². The van der Waals surface area contributed by atoms with Crippen LogP contribution in [-0.2, 0) is 4.79 Å². The van der Waals surface area contributed by atoms with Crippen molar-refractivity contribution < 1.29 is 4.79 Å². The van der Waals surface area contributed by atoms with E-state index < -0.39 is 0 Å². The molecule has 1 saturated carbocycles. The van der Waals surface area contributed by atoms with Gasteiger partial charge < -0.3 is 5.32 Å². The van der Waals surface area contributed by atoms with Crippen molar-refractivity contribution in [2.45, 2.75) is 39.2 Å². The molecule has 1 rings (SSSR count). The van der Waals surface area contributed by atoms with Crippen molar-refractivity contribution in [3.63, 3.8) is 0 Å². The number of carbonyl (C=O) groups excluding carboxylic acids is 1. The Morgan fingerprint density at radius 3 is 2.69 bits per heavy atom. The Labute approximate surface area is 79.1 Å². The Morgan fingerprint density at radius 2 is 2.23 bits per heavy atom. The molecule has 1 aliphatic rings. The summed E-state index contributed by atoms with van der Waals surface area (Å²) in [6.07, 6.45) is 2.76. The van der Waals surface area contributed by atoms with Crippen LogP contribution in [0, 0.1) is 23.2 Å². The summed E-state index contributed by atoms with van der Waals surface area (Å²) in [6.45, 7) is 3.83. The van der Waals surface area contributed by atoms with Crippen LogP contribution in [0.2, 0.25) is 0 Å². The molecule has 13 heavy (non-hydrogen) atoms. The number of amides is 1. The van der Waals surface area contributed by atoms with Crippen LogP contribution in [-0.4, -0.2) is 11.9 Å². The first-order chi connectivity index (χ1) is 6.15. The maximum atomic E-state index is 11.5. The summed E-state index contributed by atoms with van der Waals surface area (Å²) in [7, 11) is 0. The predicted molar refractivity (Wildman–Crippen MR) is 49.7 cm³/mol. The largest absolute Gasteiger partial charge is 0.352 e. The van der Waals surface area contributed by atoms with Gasteiger partial charge in [0.05, 0.1) is 12.5 Å². The minimum atomic E-state index is -0.0151. The zero-order chi connectivity index (χ0) is 9.84. The molecule has 1 fully saturated rings. The average Bonchev–Trinajstić information content (AvgIpc) is 2.85. The Morgan fingerprint density at radius 1 is 1.62 bits per heavy atom. The summed E-state index contributed by atoms with van der Waals surface area (Å²) in [4.78, 5) is 11.5. The molecule has 0 aromatic carbocycles. The molecule has 2 unspecified atom stereocenters. The molecular formula is C10H16N2O. The summed E-state index contributed by atoms with van der Waals surface area (Å²) in [5.41, 5.74) is 0. The van der Waals surface area contributed by atoms with E-state index in [2.05, 4.69) is 5.32 Å². The molecule has 0 saturated heterocycles. The van der Waals surface area contributed by atoms with Gasteiger partial charge in [-0.2, -0.15) is 5.26 Å². The van der Waals surface area contributed by atoms with Gasteiger partial charge in [0.15, 0.2) is 0 Å². The van der Waals surface area contributed by atoms with E-state index in [1.54, 1.807) is 0 Å². The fourth-order valence-corrected chi connectivity index (χ4v) is 1.37. The van der Waals surface area contributed by atoms with Crippen LogP contribution in [0.3, 0.4) is 0 Å². The minimum absolute atomic E-state index is 0.0151. The molecule has 0 aliphatic heterocycles. The zero-order valence-corrected chi connectivity index (χ0v) is 8.21. The maximum absolute atomic E-state index is 11.5. The summed E-state index contributed by atoms with van der Waals surface area (Å²) in [5, 5.41) is 11.2. The first kappa shape index (κ1) is 10.0. The van der Waals surface area contributed by atoms with Crippen molar-refractivity contribution in [1.29, 1.82) is 5.26 Å². The van der Waals surface area contributed by atoms with Crippen LogP contribution in [0.5, 0.6) is 0 Å². The third-order valence-corrected chi connectivity index (χ3v) is 2.53. The lowest BCUT2D eigenvalue weighted by Gasteiger charge is -2.14. The van der Waals surface area contributed by atoms with E-state index in [0.29, 0.717) is 12.3 Å². The zero-order valence-electron chi connectivity index (χ0n) is 8.21. The van der Waals surface area contributed by atoms with E-state index in [1.165, 1.54) is 12.8 Å². The van der Waals surface area contributed by atoms with Gasteiger partial charge in [0.1, 0.15) is 0 Å². The highest BCUT2D eigenvalue weighted by Gasteiger charge is 2.32. The lowest BCUT2D eigenvalue weighted by Crippen LogP contribution is -2.36. The molecule has 0 aromatic heterocycles. The highest BCUT2D eigenvalue weighted by Crippen LogP contribution is 2.36. The van der Waals surface area contributed by atoms with E-state index in [4.69, 9.17) is 5.26 Å². The Hall–Kier alpha value is -1.04. The van der Waals surface area contributed by atoms with Crippen molar-refractivity contribution in [3.05, 3.63) is 0 Å². The molecule has 72 valence electrons. The van der Waals surface area contributed by atoms with Gasteiger partial charge in [0.25, 0.3) is 0 Å². The molecule has 3 heteroatoms. The molecule has 2 atom stereocenters. The fraction of sp³-hybridized carbons (Fsp3) is 0.800. The highest BCUT2D eigenvalue weighted by molar-refractivity contribution is 5.79. The van der Waals surface area contributed by atoms with Crippen LogP contribution in [0.15, 0.2) is 0 Å². The lowest BCUT2D eigenvalue weighted by atomic mass is 10.1. The maximum Gasteiger partial charge on any atom is 0.223 e. The second-order valence-corrected chi connectivity index (χ2v) is 3.90. The lowest BCUT2D eigenvalue weighted by molar-refractivity contribution is -0.125. The molecule has 1 N–H and O–H groups in total. The van der Waals surface area contributed by atoms with E-state index in [-0.39, 0.29) is 17.9 Å². The first-order valence-electron chi connectivity index (χ1n) is 4.82. The van der Waals surface area contributed by atoms with Crippen molar-refractivity contribution >= 4 is 5.91 Å². The number of hydrogen-bond donors (Lipinski definition) is 1. The van der Waals surface area contributed by atoms with Crippen LogP contribution < -0.4 is 5.32 Å². The molecule has 0 spiro atoms. The second kappa shape index (κ2) is 4.27. The van der Waals surface area contributed by atoms with Gasteiger partial charge >= 0.3 is 0 Å². The summed E-state index contributed by atoms with van der Waals surface area (Å²) < 4.78 is 0. The van der Waals surface area contributed by atoms with Crippen LogP contribution in [0.4, 0.5) is 0 Å². The van der Waals surface area contributed by atoms with E-state index >= 15 is 0 Å². The van der Waals surface area contributed by atoms with E-state index in [1.807, 2.05) is 19.9 Å². The monoisotopic (exact) mass is 180 g/mol. The van der Waals surface area contributed by atoms with Gasteiger partial charge in [-0.1, -0.05) is 6.92 Å². The van der Waals surface area contributed by atoms with Gasteiger partial charge in [-0.25, -0.2) is 0 Å². The Balaban J connectivity index is 2.27. The number of carbonyl (C=O) groups is 1. The Kier molecular flexibility index (Phi) is 3.30. The summed E-state index contributed by atoms with van der Waals surface area (Å²) in [6, 6.07) is 2.03. The van der Waals surface area contributed by atoms with Gasteiger partial charge in [0.2, 0.25) is 5.91 Å². The van der Waals surface area contributed by atoms with Crippen molar-refractivity contribution in [2.24, 2.45) is 11.8 Å². The number of nitriles is 1. The van der Waals surface area contributed by atoms with Crippen molar-refractivity contribution in [1.82, 2.24) is 5.32 Å². The molecule has 3 nitrogen and oxygen atoms in total. The molecule has 0 heterocycles. The molecule has 0 aromatic rings. The van der Waals surface area contributed by atoms with Gasteiger partial charge in [-0.3, -0.25) is 4.79 Å². The number of hydrogen-bond acceptors (Lipinski definition) is 2. The predicted octanol–water partition coefficient (Wildman–Crippen LogP) is 1.45. The molecule has 0 radical (unpaired) electrons. The summed E-state index contributed by atoms with van der Waals surface area (Å²) >= 11 is 0. The highest BCUT2D eigenvalue weighted by atomic mass is 16.1. The van der Waals surface area contributed by atoms with E-state index in [9.17, 15) is 4.79 Å². The van der Waals surface area contributed by atoms with Gasteiger partial charge in [-0.05, 0) is 25.7 Å². The van der Waals surface area contributed by atoms with Gasteiger partial charge in [-0.15, -0.1) is 0 Å². The fourth-order valence-electron chi connectivity index (χ4n) is 1.37. The normalized spacial score (nSPS) is 20.1. The van der Waals surface area contributed by atoms with Gasteiger partial charge in [0, 0.05) is 12.0 Å². The molecule has 0 bridgehead atoms. The van der Waals surface area contributed by atoms with E-state index in [0.717, 1.165) is 0 Å². The second-order valence-electron chi connectivity index (χ2n) is 3.90. The first-order valence-corrected chi connectivity index (χ1v) is 4.82. The topological polar surface area (TPSA) is 52.9 Å². The number of nitrogens with zero attached hydrogens (tertiary/aromatic N) is 1. The summed E-state index contributed by atoms with van der Waals surface area (Å²) in [5.74, 6) is 0.820. The third kappa shape index (κ3) is 3.06. The standard InChI is InChI=1S/C10H16N2O/c1-7(5-6-11)12-10(13)8(2)9-3-4-9/h7-9H,3-5H2,1-2H3,(H,12,13). The average molecular weight is 180 g/mol. The SMILES string of the molecule is CC(CC#N)NC(=O)C(C)C1CC1.